The first-order chi connectivity index (χ1) is 9.65. The highest BCUT2D eigenvalue weighted by Gasteiger charge is 2.21. The smallest absolute Gasteiger partial charge is 0.0628 e. The number of hydrogen-bond acceptors (Lipinski definition) is 0. The van der Waals surface area contributed by atoms with Crippen LogP contribution in [-0.4, -0.2) is 0 Å². The first kappa shape index (κ1) is 14.0. The van der Waals surface area contributed by atoms with E-state index in [1.54, 1.807) is 0 Å². The molecule has 2 atom stereocenters. The minimum Gasteiger partial charge on any atom is -0.119 e. The molecule has 0 aliphatic heterocycles. The molecule has 98 valence electrons. The molecule has 0 heteroatoms. The Bertz CT molecular complexity index is 584. The quantitative estimate of drug-likeness (QED) is 0.714. The number of hydrogen-bond donors (Lipinski definition) is 0. The molecule has 2 aromatic rings. The number of terminal acetylenes is 2. The van der Waals surface area contributed by atoms with Crippen molar-refractivity contribution in [1.29, 1.82) is 0 Å². The summed E-state index contributed by atoms with van der Waals surface area (Å²) in [5, 5.41) is 0. The van der Waals surface area contributed by atoms with Gasteiger partial charge in [0.05, 0.1) is 11.8 Å². The largest absolute Gasteiger partial charge is 0.119 e. The molecule has 0 bridgehead atoms. The maximum Gasteiger partial charge on any atom is 0.0628 e. The second-order valence-electron chi connectivity index (χ2n) is 5.11. The lowest BCUT2D eigenvalue weighted by Crippen LogP contribution is -2.08. The van der Waals surface area contributed by atoms with E-state index in [-0.39, 0.29) is 11.8 Å². The molecule has 0 amide bonds. The van der Waals surface area contributed by atoms with Crippen LogP contribution in [0.25, 0.3) is 0 Å². The Hall–Kier alpha value is -2.44. The zero-order chi connectivity index (χ0) is 14.5. The first-order valence-electron chi connectivity index (χ1n) is 6.71. The monoisotopic (exact) mass is 258 g/mol. The maximum absolute atomic E-state index is 5.74. The number of aryl methyl sites for hydroxylation is 2. The van der Waals surface area contributed by atoms with Gasteiger partial charge in [0.2, 0.25) is 0 Å². The van der Waals surface area contributed by atoms with E-state index in [1.807, 2.05) is 0 Å². The van der Waals surface area contributed by atoms with Gasteiger partial charge in [-0.2, -0.15) is 0 Å². The molecule has 0 saturated carbocycles. The lowest BCUT2D eigenvalue weighted by molar-refractivity contribution is 0.781. The molecular weight excluding hydrogens is 240 g/mol. The minimum absolute atomic E-state index is 0.0942. The topological polar surface area (TPSA) is 0 Å². The van der Waals surface area contributed by atoms with Crippen LogP contribution < -0.4 is 0 Å². The highest BCUT2D eigenvalue weighted by molar-refractivity contribution is 5.40. The molecule has 0 saturated heterocycles. The number of benzene rings is 2. The van der Waals surface area contributed by atoms with Gasteiger partial charge in [-0.3, -0.25) is 0 Å². The first-order valence-corrected chi connectivity index (χ1v) is 6.71. The van der Waals surface area contributed by atoms with Crippen LogP contribution in [0.4, 0.5) is 0 Å². The van der Waals surface area contributed by atoms with Gasteiger partial charge in [-0.05, 0) is 25.0 Å². The Morgan fingerprint density at radius 3 is 1.20 bits per heavy atom. The van der Waals surface area contributed by atoms with Gasteiger partial charge < -0.3 is 0 Å². The van der Waals surface area contributed by atoms with Crippen molar-refractivity contribution in [2.45, 2.75) is 25.7 Å². The summed E-state index contributed by atoms with van der Waals surface area (Å²) in [6.07, 6.45) is 11.5. The van der Waals surface area contributed by atoms with Crippen LogP contribution >= 0.6 is 0 Å². The zero-order valence-electron chi connectivity index (χ0n) is 11.9. The van der Waals surface area contributed by atoms with Gasteiger partial charge in [-0.1, -0.05) is 71.5 Å². The molecule has 0 heterocycles. The molecule has 0 radical (unpaired) electrons. The molecule has 20 heavy (non-hydrogen) atoms. The van der Waals surface area contributed by atoms with E-state index in [0.29, 0.717) is 0 Å². The van der Waals surface area contributed by atoms with E-state index in [2.05, 4.69) is 74.2 Å². The standard InChI is InChI=1S/C20H18/c1-5-19(17-11-7-15(3)8-12-17)20(6-2)18-13-9-16(4)10-14-18/h1-2,7-14,19-20H,3-4H3/t19-,20-/m1/s1. The van der Waals surface area contributed by atoms with E-state index in [9.17, 15) is 0 Å². The van der Waals surface area contributed by atoms with E-state index < -0.39 is 0 Å². The van der Waals surface area contributed by atoms with Gasteiger partial charge in [0.15, 0.2) is 0 Å². The van der Waals surface area contributed by atoms with Gasteiger partial charge >= 0.3 is 0 Å². The van der Waals surface area contributed by atoms with Crippen molar-refractivity contribution < 1.29 is 0 Å². The summed E-state index contributed by atoms with van der Waals surface area (Å²) in [4.78, 5) is 0. The Morgan fingerprint density at radius 1 is 0.650 bits per heavy atom. The van der Waals surface area contributed by atoms with Crippen LogP contribution in [0.15, 0.2) is 48.5 Å². The van der Waals surface area contributed by atoms with Gasteiger partial charge in [-0.25, -0.2) is 0 Å². The highest BCUT2D eigenvalue weighted by atomic mass is 14.2. The van der Waals surface area contributed by atoms with Gasteiger partial charge in [0, 0.05) is 0 Å². The summed E-state index contributed by atoms with van der Waals surface area (Å²) < 4.78 is 0. The molecule has 0 spiro atoms. The Morgan fingerprint density at radius 2 is 0.950 bits per heavy atom. The number of rotatable bonds is 3. The lowest BCUT2D eigenvalue weighted by atomic mass is 9.82. The van der Waals surface area contributed by atoms with Crippen LogP contribution in [0, 0.1) is 38.5 Å². The van der Waals surface area contributed by atoms with Crippen molar-refractivity contribution in [3.8, 4) is 24.7 Å². The molecule has 0 aliphatic carbocycles. The van der Waals surface area contributed by atoms with Crippen LogP contribution in [0.5, 0.6) is 0 Å². The lowest BCUT2D eigenvalue weighted by Gasteiger charge is -2.19. The van der Waals surface area contributed by atoms with Gasteiger partial charge in [0.1, 0.15) is 0 Å². The maximum atomic E-state index is 5.74. The summed E-state index contributed by atoms with van der Waals surface area (Å²) in [5.41, 5.74) is 4.64. The Labute approximate surface area is 121 Å². The predicted octanol–water partition coefficient (Wildman–Crippen LogP) is 4.44. The summed E-state index contributed by atoms with van der Waals surface area (Å²) in [5.74, 6) is 5.53. The molecular formula is C20H18. The van der Waals surface area contributed by atoms with E-state index in [4.69, 9.17) is 12.8 Å². The Kier molecular flexibility index (Phi) is 4.29. The van der Waals surface area contributed by atoms with E-state index >= 15 is 0 Å². The van der Waals surface area contributed by atoms with Gasteiger partial charge in [-0.15, -0.1) is 12.8 Å². The molecule has 2 rings (SSSR count). The van der Waals surface area contributed by atoms with E-state index in [1.165, 1.54) is 11.1 Å². The molecule has 0 aliphatic rings. The van der Waals surface area contributed by atoms with Crippen LogP contribution in [0.3, 0.4) is 0 Å². The SMILES string of the molecule is C#C[C@H](c1ccc(C)cc1)[C@H](C#C)c1ccc(C)cc1. The highest BCUT2D eigenvalue weighted by Crippen LogP contribution is 2.32. The van der Waals surface area contributed by atoms with E-state index in [0.717, 1.165) is 11.1 Å². The summed E-state index contributed by atoms with van der Waals surface area (Å²) in [6.45, 7) is 4.13. The van der Waals surface area contributed by atoms with Crippen molar-refractivity contribution in [2.24, 2.45) is 0 Å². The van der Waals surface area contributed by atoms with Crippen LogP contribution in [-0.2, 0) is 0 Å². The molecule has 0 N–H and O–H groups in total. The Balaban J connectivity index is 2.38. The summed E-state index contributed by atoms with van der Waals surface area (Å²) in [7, 11) is 0. The molecule has 0 nitrogen and oxygen atoms in total. The van der Waals surface area contributed by atoms with Crippen LogP contribution in [0.2, 0.25) is 0 Å². The minimum atomic E-state index is -0.0942. The summed E-state index contributed by atoms with van der Waals surface area (Å²) in [6, 6.07) is 16.6. The van der Waals surface area contributed by atoms with Gasteiger partial charge in [0.25, 0.3) is 0 Å². The fraction of sp³-hybridized carbons (Fsp3) is 0.200. The van der Waals surface area contributed by atoms with Crippen molar-refractivity contribution in [1.82, 2.24) is 0 Å². The third kappa shape index (κ3) is 2.93. The summed E-state index contributed by atoms with van der Waals surface area (Å²) >= 11 is 0. The van der Waals surface area contributed by atoms with Crippen molar-refractivity contribution in [2.75, 3.05) is 0 Å². The fourth-order valence-corrected chi connectivity index (χ4v) is 2.32. The molecule has 0 fully saturated rings. The van der Waals surface area contributed by atoms with Crippen molar-refractivity contribution in [3.05, 3.63) is 70.8 Å². The zero-order valence-corrected chi connectivity index (χ0v) is 11.9. The second kappa shape index (κ2) is 6.14. The second-order valence-corrected chi connectivity index (χ2v) is 5.11. The third-order valence-electron chi connectivity index (χ3n) is 3.57. The van der Waals surface area contributed by atoms with Crippen LogP contribution in [0.1, 0.15) is 34.1 Å². The molecule has 0 aromatic heterocycles. The predicted molar refractivity (Wildman–Crippen MR) is 85.5 cm³/mol. The molecule has 2 aromatic carbocycles. The third-order valence-corrected chi connectivity index (χ3v) is 3.57. The van der Waals surface area contributed by atoms with Crippen molar-refractivity contribution in [3.63, 3.8) is 0 Å². The fourth-order valence-electron chi connectivity index (χ4n) is 2.32. The normalized spacial score (nSPS) is 13.0. The molecule has 0 unspecified atom stereocenters. The van der Waals surface area contributed by atoms with Crippen molar-refractivity contribution >= 4 is 0 Å². The average Bonchev–Trinajstić information content (AvgIpc) is 2.47. The average molecular weight is 258 g/mol.